The molecule has 2 aliphatic heterocycles. The van der Waals surface area contributed by atoms with Crippen molar-refractivity contribution in [3.63, 3.8) is 0 Å². The lowest BCUT2D eigenvalue weighted by molar-refractivity contribution is -0.234. The van der Waals surface area contributed by atoms with E-state index in [1.807, 2.05) is 10.9 Å². The molecule has 1 spiro atoms. The highest BCUT2D eigenvalue weighted by Gasteiger charge is 2.45. The predicted octanol–water partition coefficient (Wildman–Crippen LogP) is 1.69. The van der Waals surface area contributed by atoms with E-state index in [1.165, 1.54) is 5.56 Å². The topological polar surface area (TPSA) is 48.8 Å². The molecule has 0 bridgehead atoms. The van der Waals surface area contributed by atoms with Gasteiger partial charge in [-0.15, -0.1) is 0 Å². The van der Waals surface area contributed by atoms with E-state index in [9.17, 15) is 0 Å². The largest absolute Gasteiger partial charge is 0.383 e. The lowest BCUT2D eigenvalue weighted by Crippen LogP contribution is -2.62. The zero-order valence-electron chi connectivity index (χ0n) is 14.6. The van der Waals surface area contributed by atoms with Gasteiger partial charge in [-0.2, -0.15) is 5.10 Å². The lowest BCUT2D eigenvalue weighted by Gasteiger charge is -2.51. The van der Waals surface area contributed by atoms with E-state index in [0.717, 1.165) is 45.6 Å². The van der Waals surface area contributed by atoms with Crippen molar-refractivity contribution < 1.29 is 14.2 Å². The molecular formula is C17H29N3O3. The molecule has 23 heavy (non-hydrogen) atoms. The molecule has 1 aromatic heterocycles. The normalized spacial score (nSPS) is 28.3. The van der Waals surface area contributed by atoms with Crippen molar-refractivity contribution in [3.8, 4) is 0 Å². The Bertz CT molecular complexity index is 509. The van der Waals surface area contributed by atoms with Crippen LogP contribution in [-0.4, -0.2) is 65.9 Å². The molecule has 130 valence electrons. The maximum Gasteiger partial charge on any atom is 0.105 e. The molecule has 1 atom stereocenters. The van der Waals surface area contributed by atoms with E-state index in [0.29, 0.717) is 13.2 Å². The Hall–Kier alpha value is -0.950. The minimum Gasteiger partial charge on any atom is -0.383 e. The molecule has 3 rings (SSSR count). The van der Waals surface area contributed by atoms with Crippen molar-refractivity contribution in [2.24, 2.45) is 0 Å². The Morgan fingerprint density at radius 3 is 2.96 bits per heavy atom. The number of nitrogens with zero attached hydrogens (tertiary/aromatic N) is 3. The van der Waals surface area contributed by atoms with E-state index in [2.05, 4.69) is 30.0 Å². The number of aromatic nitrogens is 2. The van der Waals surface area contributed by atoms with Crippen LogP contribution in [0.2, 0.25) is 0 Å². The van der Waals surface area contributed by atoms with Gasteiger partial charge in [0.2, 0.25) is 0 Å². The second-order valence-corrected chi connectivity index (χ2v) is 7.45. The molecule has 0 N–H and O–H groups in total. The summed E-state index contributed by atoms with van der Waals surface area (Å²) < 4.78 is 19.2. The van der Waals surface area contributed by atoms with Gasteiger partial charge >= 0.3 is 0 Å². The summed E-state index contributed by atoms with van der Waals surface area (Å²) in [7, 11) is 1.71. The molecule has 1 unspecified atom stereocenters. The molecule has 0 aliphatic carbocycles. The molecule has 2 saturated heterocycles. The van der Waals surface area contributed by atoms with Crippen LogP contribution in [0.5, 0.6) is 0 Å². The zero-order chi connectivity index (χ0) is 16.3. The lowest BCUT2D eigenvalue weighted by atomic mass is 9.90. The molecule has 0 radical (unpaired) electrons. The molecule has 2 fully saturated rings. The Morgan fingerprint density at radius 1 is 1.35 bits per heavy atom. The summed E-state index contributed by atoms with van der Waals surface area (Å²) >= 11 is 0. The van der Waals surface area contributed by atoms with E-state index in [4.69, 9.17) is 14.2 Å². The molecular weight excluding hydrogens is 294 g/mol. The van der Waals surface area contributed by atoms with Crippen LogP contribution < -0.4 is 0 Å². The minimum absolute atomic E-state index is 0.147. The van der Waals surface area contributed by atoms with E-state index in [1.54, 1.807) is 7.11 Å². The molecule has 0 amide bonds. The molecule has 0 aromatic carbocycles. The van der Waals surface area contributed by atoms with Crippen molar-refractivity contribution in [2.75, 3.05) is 40.0 Å². The van der Waals surface area contributed by atoms with Gasteiger partial charge in [-0.3, -0.25) is 9.58 Å². The average Bonchev–Trinajstić information content (AvgIpc) is 2.91. The summed E-state index contributed by atoms with van der Waals surface area (Å²) in [4.78, 5) is 2.48. The minimum atomic E-state index is -0.148. The molecule has 0 saturated carbocycles. The Labute approximate surface area is 138 Å². The molecule has 2 aliphatic rings. The first-order valence-corrected chi connectivity index (χ1v) is 8.51. The second-order valence-electron chi connectivity index (χ2n) is 7.45. The first-order chi connectivity index (χ1) is 11.0. The second kappa shape index (κ2) is 6.89. The molecule has 6 nitrogen and oxygen atoms in total. The number of ether oxygens (including phenoxy) is 3. The molecule has 1 aromatic rings. The fourth-order valence-electron chi connectivity index (χ4n) is 3.85. The maximum atomic E-state index is 6.42. The SMILES string of the molecule is COCCn1cc(CN2CC(C)(C)OC3(CCCOC3)C2)cn1. The van der Waals surface area contributed by atoms with Crippen LogP contribution in [0.25, 0.3) is 0 Å². The third kappa shape index (κ3) is 4.32. The predicted molar refractivity (Wildman–Crippen MR) is 87.3 cm³/mol. The first kappa shape index (κ1) is 16.9. The maximum absolute atomic E-state index is 6.42. The van der Waals surface area contributed by atoms with Gasteiger partial charge in [0.25, 0.3) is 0 Å². The quantitative estimate of drug-likeness (QED) is 0.825. The summed E-state index contributed by atoms with van der Waals surface area (Å²) in [6.45, 7) is 10.2. The number of hydrogen-bond donors (Lipinski definition) is 0. The fraction of sp³-hybridized carbons (Fsp3) is 0.824. The summed E-state index contributed by atoms with van der Waals surface area (Å²) in [6.07, 6.45) is 6.24. The highest BCUT2D eigenvalue weighted by molar-refractivity contribution is 5.06. The van der Waals surface area contributed by atoms with Gasteiger partial charge in [0.1, 0.15) is 5.60 Å². The first-order valence-electron chi connectivity index (χ1n) is 8.51. The van der Waals surface area contributed by atoms with Crippen LogP contribution in [0, 0.1) is 0 Å². The van der Waals surface area contributed by atoms with Crippen molar-refractivity contribution in [2.45, 2.75) is 51.0 Å². The summed E-state index contributed by atoms with van der Waals surface area (Å²) in [5, 5.41) is 4.41. The smallest absolute Gasteiger partial charge is 0.105 e. The highest BCUT2D eigenvalue weighted by Crippen LogP contribution is 2.35. The van der Waals surface area contributed by atoms with E-state index in [-0.39, 0.29) is 11.2 Å². The van der Waals surface area contributed by atoms with Crippen molar-refractivity contribution >= 4 is 0 Å². The molecule has 3 heterocycles. The van der Waals surface area contributed by atoms with Gasteiger partial charge < -0.3 is 14.2 Å². The van der Waals surface area contributed by atoms with Crippen LogP contribution >= 0.6 is 0 Å². The summed E-state index contributed by atoms with van der Waals surface area (Å²) in [5.41, 5.74) is 0.947. The van der Waals surface area contributed by atoms with Gasteiger partial charge in [0, 0.05) is 45.1 Å². The standard InChI is InChI=1S/C17H29N3O3/c1-16(2)12-19(13-17(23-16)5-4-7-22-14-17)10-15-9-18-20(11-15)6-8-21-3/h9,11H,4-8,10,12-14H2,1-3H3. The van der Waals surface area contributed by atoms with Crippen LogP contribution in [0.4, 0.5) is 0 Å². The zero-order valence-corrected chi connectivity index (χ0v) is 14.6. The van der Waals surface area contributed by atoms with Gasteiger partial charge in [-0.25, -0.2) is 0 Å². The van der Waals surface area contributed by atoms with Crippen molar-refractivity contribution in [3.05, 3.63) is 18.0 Å². The van der Waals surface area contributed by atoms with Crippen LogP contribution in [0.1, 0.15) is 32.3 Å². The van der Waals surface area contributed by atoms with Crippen molar-refractivity contribution in [1.29, 1.82) is 0 Å². The molecule has 6 heteroatoms. The monoisotopic (exact) mass is 323 g/mol. The van der Waals surface area contributed by atoms with E-state index < -0.39 is 0 Å². The number of methoxy groups -OCH3 is 1. The van der Waals surface area contributed by atoms with Crippen LogP contribution in [-0.2, 0) is 27.3 Å². The van der Waals surface area contributed by atoms with Gasteiger partial charge in [0.05, 0.1) is 31.6 Å². The number of hydrogen-bond acceptors (Lipinski definition) is 5. The number of rotatable bonds is 5. The van der Waals surface area contributed by atoms with Gasteiger partial charge in [0.15, 0.2) is 0 Å². The third-order valence-corrected chi connectivity index (χ3v) is 4.51. The van der Waals surface area contributed by atoms with E-state index >= 15 is 0 Å². The number of morpholine rings is 1. The van der Waals surface area contributed by atoms with Crippen LogP contribution in [0.3, 0.4) is 0 Å². The third-order valence-electron chi connectivity index (χ3n) is 4.51. The fourth-order valence-corrected chi connectivity index (χ4v) is 3.85. The Balaban J connectivity index is 1.65. The van der Waals surface area contributed by atoms with Crippen molar-refractivity contribution in [1.82, 2.24) is 14.7 Å². The average molecular weight is 323 g/mol. The van der Waals surface area contributed by atoms with Gasteiger partial charge in [-0.05, 0) is 26.7 Å². The van der Waals surface area contributed by atoms with Crippen LogP contribution in [0.15, 0.2) is 12.4 Å². The Kier molecular flexibility index (Phi) is 5.06. The van der Waals surface area contributed by atoms with Gasteiger partial charge in [-0.1, -0.05) is 0 Å². The summed E-state index contributed by atoms with van der Waals surface area (Å²) in [5.74, 6) is 0. The summed E-state index contributed by atoms with van der Waals surface area (Å²) in [6, 6.07) is 0. The Morgan fingerprint density at radius 2 is 2.22 bits per heavy atom. The highest BCUT2D eigenvalue weighted by atomic mass is 16.6.